The molecule has 0 bridgehead atoms. The molecule has 1 aromatic carbocycles. The molecule has 1 fully saturated rings. The average Bonchev–Trinajstić information content (AvgIpc) is 3.27. The van der Waals surface area contributed by atoms with Gasteiger partial charge in [0.05, 0.1) is 22.6 Å². The van der Waals surface area contributed by atoms with E-state index in [0.717, 1.165) is 23.5 Å². The maximum atomic E-state index is 12.2. The van der Waals surface area contributed by atoms with E-state index in [1.807, 2.05) is 24.3 Å². The highest BCUT2D eigenvalue weighted by atomic mass is 16.1. The van der Waals surface area contributed by atoms with Crippen molar-refractivity contribution in [2.45, 2.75) is 45.6 Å². The zero-order chi connectivity index (χ0) is 21.1. The molecule has 0 spiro atoms. The normalized spacial score (nSPS) is 25.7. The summed E-state index contributed by atoms with van der Waals surface area (Å²) >= 11 is 0. The van der Waals surface area contributed by atoms with E-state index in [4.69, 9.17) is 4.98 Å². The Morgan fingerprint density at radius 3 is 2.43 bits per heavy atom. The monoisotopic (exact) mass is 397 g/mol. The maximum absolute atomic E-state index is 12.2. The minimum atomic E-state index is -0.496. The molecule has 5 rings (SSSR count). The Morgan fingerprint density at radius 2 is 1.77 bits per heavy atom. The zero-order valence-electron chi connectivity index (χ0n) is 17.9. The van der Waals surface area contributed by atoms with Gasteiger partial charge in [0.1, 0.15) is 0 Å². The van der Waals surface area contributed by atoms with Gasteiger partial charge in [-0.3, -0.25) is 9.78 Å². The quantitative estimate of drug-likeness (QED) is 0.652. The number of aromatic nitrogens is 2. The van der Waals surface area contributed by atoms with Gasteiger partial charge >= 0.3 is 0 Å². The van der Waals surface area contributed by atoms with Gasteiger partial charge in [0.25, 0.3) is 0 Å². The Hall–Kier alpha value is -3.01. The van der Waals surface area contributed by atoms with Crippen LogP contribution in [0.4, 0.5) is 0 Å². The van der Waals surface area contributed by atoms with Gasteiger partial charge in [-0.05, 0) is 65.5 Å². The van der Waals surface area contributed by atoms with Crippen LogP contribution in [0.3, 0.4) is 0 Å². The van der Waals surface area contributed by atoms with E-state index < -0.39 is 5.54 Å². The fourth-order valence-electron chi connectivity index (χ4n) is 5.53. The number of benzene rings is 1. The lowest BCUT2D eigenvalue weighted by Gasteiger charge is -2.36. The van der Waals surface area contributed by atoms with E-state index in [0.29, 0.717) is 11.8 Å². The summed E-state index contributed by atoms with van der Waals surface area (Å²) in [6.45, 7) is 8.40. The number of pyridine rings is 2. The van der Waals surface area contributed by atoms with E-state index in [2.05, 4.69) is 61.4 Å². The summed E-state index contributed by atoms with van der Waals surface area (Å²) in [5.41, 5.74) is 6.07. The smallest absolute Gasteiger partial charge is 0.217 e. The van der Waals surface area contributed by atoms with E-state index >= 15 is 0 Å². The number of hydrogen-bond donors (Lipinski definition) is 1. The first-order valence-electron chi connectivity index (χ1n) is 10.6. The van der Waals surface area contributed by atoms with Gasteiger partial charge in [-0.2, -0.15) is 0 Å². The van der Waals surface area contributed by atoms with Gasteiger partial charge in [-0.1, -0.05) is 50.2 Å². The van der Waals surface area contributed by atoms with Crippen LogP contribution in [0.15, 0.2) is 60.8 Å². The molecule has 0 aliphatic heterocycles. The van der Waals surface area contributed by atoms with Gasteiger partial charge in [0, 0.05) is 13.1 Å². The number of fused-ring (bicyclic) bond motifs is 3. The molecule has 0 radical (unpaired) electrons. The molecule has 4 heteroatoms. The van der Waals surface area contributed by atoms with Crippen molar-refractivity contribution in [1.29, 1.82) is 0 Å². The van der Waals surface area contributed by atoms with Crippen LogP contribution in [0, 0.1) is 11.3 Å². The molecule has 1 N–H and O–H groups in total. The van der Waals surface area contributed by atoms with Crippen LogP contribution in [0.25, 0.3) is 22.5 Å². The predicted molar refractivity (Wildman–Crippen MR) is 119 cm³/mol. The SMILES string of the molecule is CC(=O)N[C@@]1(C)C[C@H]2[C@@H](c3c(-c4ccccc4)cc(-c4ccccn4)nc31)C2(C)C. The first-order valence-corrected chi connectivity index (χ1v) is 10.6. The van der Waals surface area contributed by atoms with Crippen LogP contribution in [0.1, 0.15) is 51.3 Å². The number of hydrogen-bond acceptors (Lipinski definition) is 3. The van der Waals surface area contributed by atoms with Crippen molar-refractivity contribution in [1.82, 2.24) is 15.3 Å². The molecule has 2 heterocycles. The predicted octanol–water partition coefficient (Wildman–Crippen LogP) is 5.31. The third-order valence-electron chi connectivity index (χ3n) is 7.03. The maximum Gasteiger partial charge on any atom is 0.217 e. The van der Waals surface area contributed by atoms with Crippen LogP contribution in [0.2, 0.25) is 0 Å². The summed E-state index contributed by atoms with van der Waals surface area (Å²) < 4.78 is 0. The molecular weight excluding hydrogens is 370 g/mol. The summed E-state index contributed by atoms with van der Waals surface area (Å²) in [6, 6.07) is 18.6. The number of nitrogens with zero attached hydrogens (tertiary/aromatic N) is 2. The first kappa shape index (κ1) is 19.0. The highest BCUT2D eigenvalue weighted by Gasteiger charge is 2.65. The topological polar surface area (TPSA) is 54.9 Å². The van der Waals surface area contributed by atoms with Gasteiger partial charge in [-0.25, -0.2) is 4.98 Å². The molecule has 30 heavy (non-hydrogen) atoms. The summed E-state index contributed by atoms with van der Waals surface area (Å²) in [4.78, 5) is 21.9. The minimum absolute atomic E-state index is 0.0216. The number of carbonyl (C=O) groups excluding carboxylic acids is 1. The minimum Gasteiger partial charge on any atom is -0.346 e. The van der Waals surface area contributed by atoms with Crippen molar-refractivity contribution in [3.05, 3.63) is 72.1 Å². The molecule has 3 aromatic rings. The first-order chi connectivity index (χ1) is 14.3. The lowest BCUT2D eigenvalue weighted by Crippen LogP contribution is -2.45. The van der Waals surface area contributed by atoms with Crippen molar-refractivity contribution in [3.8, 4) is 22.5 Å². The second-order valence-electron chi connectivity index (χ2n) is 9.52. The molecule has 0 unspecified atom stereocenters. The molecule has 0 saturated heterocycles. The van der Waals surface area contributed by atoms with Crippen molar-refractivity contribution in [3.63, 3.8) is 0 Å². The Bertz CT molecular complexity index is 1120. The highest BCUT2D eigenvalue weighted by molar-refractivity contribution is 5.78. The standard InChI is InChI=1S/C26H27N3O/c1-16(30)29-26(4)15-19-23(25(19,2)3)22-18(17-10-6-5-7-11-17)14-21(28-24(22)26)20-12-8-9-13-27-20/h5-14,19,23H,15H2,1-4H3,(H,29,30)/t19-,23-,26-/m0/s1. The van der Waals surface area contributed by atoms with Crippen molar-refractivity contribution in [2.24, 2.45) is 11.3 Å². The molecular formula is C26H27N3O. The summed E-state index contributed by atoms with van der Waals surface area (Å²) in [6.07, 6.45) is 2.70. The summed E-state index contributed by atoms with van der Waals surface area (Å²) in [5.74, 6) is 0.966. The molecule has 2 aliphatic carbocycles. The number of nitrogens with one attached hydrogen (secondary N) is 1. The second kappa shape index (κ2) is 6.49. The van der Waals surface area contributed by atoms with Crippen molar-refractivity contribution in [2.75, 3.05) is 0 Å². The van der Waals surface area contributed by atoms with Crippen LogP contribution in [-0.2, 0) is 10.3 Å². The van der Waals surface area contributed by atoms with Crippen LogP contribution >= 0.6 is 0 Å². The lowest BCUT2D eigenvalue weighted by molar-refractivity contribution is -0.121. The largest absolute Gasteiger partial charge is 0.346 e. The van der Waals surface area contributed by atoms with Crippen molar-refractivity contribution >= 4 is 5.91 Å². The number of amides is 1. The van der Waals surface area contributed by atoms with E-state index in [-0.39, 0.29) is 11.3 Å². The van der Waals surface area contributed by atoms with Crippen LogP contribution < -0.4 is 5.32 Å². The van der Waals surface area contributed by atoms with E-state index in [1.54, 1.807) is 13.1 Å². The van der Waals surface area contributed by atoms with Gasteiger partial charge in [0.2, 0.25) is 5.91 Å². The summed E-state index contributed by atoms with van der Waals surface area (Å²) in [5, 5.41) is 3.24. The fraction of sp³-hybridized carbons (Fsp3) is 0.346. The average molecular weight is 398 g/mol. The molecule has 152 valence electrons. The molecule has 1 amide bonds. The molecule has 3 atom stereocenters. The van der Waals surface area contributed by atoms with Gasteiger partial charge in [-0.15, -0.1) is 0 Å². The van der Waals surface area contributed by atoms with Gasteiger partial charge in [0.15, 0.2) is 0 Å². The number of carbonyl (C=O) groups is 1. The summed E-state index contributed by atoms with van der Waals surface area (Å²) in [7, 11) is 0. The fourth-order valence-corrected chi connectivity index (χ4v) is 5.53. The number of rotatable bonds is 3. The van der Waals surface area contributed by atoms with Crippen LogP contribution in [-0.4, -0.2) is 15.9 Å². The van der Waals surface area contributed by atoms with Crippen molar-refractivity contribution < 1.29 is 4.79 Å². The third kappa shape index (κ3) is 2.85. The Labute approximate surface area is 177 Å². The van der Waals surface area contributed by atoms with Crippen LogP contribution in [0.5, 0.6) is 0 Å². The molecule has 2 aromatic heterocycles. The zero-order valence-corrected chi connectivity index (χ0v) is 17.9. The van der Waals surface area contributed by atoms with Gasteiger partial charge < -0.3 is 5.32 Å². The molecule has 1 saturated carbocycles. The highest BCUT2D eigenvalue weighted by Crippen LogP contribution is 2.72. The molecule has 2 aliphatic rings. The molecule has 4 nitrogen and oxygen atoms in total. The van der Waals surface area contributed by atoms with E-state index in [1.165, 1.54) is 16.7 Å². The second-order valence-corrected chi connectivity index (χ2v) is 9.52. The van der Waals surface area contributed by atoms with E-state index in [9.17, 15) is 4.79 Å². The lowest BCUT2D eigenvalue weighted by atomic mass is 9.78. The Morgan fingerprint density at radius 1 is 1.03 bits per heavy atom. The third-order valence-corrected chi connectivity index (χ3v) is 7.03. The Balaban J connectivity index is 1.81. The Kier molecular flexibility index (Phi) is 4.11.